The molecule has 1 atom stereocenters. The Morgan fingerprint density at radius 1 is 1.36 bits per heavy atom. The molecule has 76 valence electrons. The lowest BCUT2D eigenvalue weighted by molar-refractivity contribution is 0.464. The number of halogens is 2. The average molecular weight is 197 g/mol. The third-order valence-corrected chi connectivity index (χ3v) is 3.15. The zero-order chi connectivity index (χ0) is 10.3. The number of hydrogen-bond acceptors (Lipinski definition) is 1. The lowest BCUT2D eigenvalue weighted by Gasteiger charge is -2.20. The van der Waals surface area contributed by atoms with E-state index in [9.17, 15) is 8.78 Å². The summed E-state index contributed by atoms with van der Waals surface area (Å²) in [5.74, 6) is -1.52. The Labute approximate surface area is 81.9 Å². The first-order chi connectivity index (χ1) is 6.58. The minimum absolute atomic E-state index is 0.126. The molecule has 1 unspecified atom stereocenters. The van der Waals surface area contributed by atoms with E-state index in [0.29, 0.717) is 5.56 Å². The molecule has 1 aromatic carbocycles. The van der Waals surface area contributed by atoms with E-state index in [1.807, 2.05) is 6.92 Å². The van der Waals surface area contributed by atoms with Crippen LogP contribution in [-0.4, -0.2) is 6.04 Å². The van der Waals surface area contributed by atoms with Crippen LogP contribution in [0.5, 0.6) is 0 Å². The van der Waals surface area contributed by atoms with Crippen LogP contribution in [0.3, 0.4) is 0 Å². The number of benzene rings is 1. The zero-order valence-electron chi connectivity index (χ0n) is 8.06. The molecule has 0 aliphatic heterocycles. The van der Waals surface area contributed by atoms with Gasteiger partial charge in [-0.05, 0) is 31.4 Å². The summed E-state index contributed by atoms with van der Waals surface area (Å²) in [6, 6.07) is 4.18. The largest absolute Gasteiger partial charge is 0.327 e. The van der Waals surface area contributed by atoms with Crippen molar-refractivity contribution in [2.75, 3.05) is 0 Å². The van der Waals surface area contributed by atoms with Crippen LogP contribution < -0.4 is 5.73 Å². The highest BCUT2D eigenvalue weighted by atomic mass is 19.2. The molecule has 0 aromatic heterocycles. The molecule has 2 rings (SSSR count). The molecular formula is C11H13F2N. The lowest BCUT2D eigenvalue weighted by Crippen LogP contribution is -2.32. The Bertz CT molecular complexity index is 356. The van der Waals surface area contributed by atoms with E-state index in [1.165, 1.54) is 6.07 Å². The predicted molar refractivity (Wildman–Crippen MR) is 50.9 cm³/mol. The fraction of sp³-hybridized carbons (Fsp3) is 0.455. The van der Waals surface area contributed by atoms with Gasteiger partial charge in [0.2, 0.25) is 0 Å². The van der Waals surface area contributed by atoms with Crippen LogP contribution in [-0.2, 0) is 5.41 Å². The summed E-state index contributed by atoms with van der Waals surface area (Å²) < 4.78 is 26.5. The summed E-state index contributed by atoms with van der Waals surface area (Å²) in [5.41, 5.74) is 5.92. The number of nitrogens with two attached hydrogens (primary N) is 1. The molecule has 1 aliphatic carbocycles. The molecule has 1 fully saturated rings. The van der Waals surface area contributed by atoms with Crippen molar-refractivity contribution >= 4 is 0 Å². The number of hydrogen-bond donors (Lipinski definition) is 1. The average Bonchev–Trinajstić information content (AvgIpc) is 2.90. The normalized spacial score (nSPS) is 20.6. The van der Waals surface area contributed by atoms with Crippen molar-refractivity contribution in [1.29, 1.82) is 0 Å². The monoisotopic (exact) mass is 197 g/mol. The summed E-state index contributed by atoms with van der Waals surface area (Å²) >= 11 is 0. The molecule has 0 radical (unpaired) electrons. The first-order valence-electron chi connectivity index (χ1n) is 4.78. The van der Waals surface area contributed by atoms with Crippen LogP contribution in [0.25, 0.3) is 0 Å². The minimum atomic E-state index is -0.783. The van der Waals surface area contributed by atoms with Crippen molar-refractivity contribution in [1.82, 2.24) is 0 Å². The fourth-order valence-corrected chi connectivity index (χ4v) is 1.99. The SMILES string of the molecule is CC(N)C1(c2cccc(F)c2F)CC1. The highest BCUT2D eigenvalue weighted by Crippen LogP contribution is 2.51. The molecule has 0 heterocycles. The van der Waals surface area contributed by atoms with E-state index in [0.717, 1.165) is 18.9 Å². The van der Waals surface area contributed by atoms with Gasteiger partial charge in [-0.2, -0.15) is 0 Å². The smallest absolute Gasteiger partial charge is 0.162 e. The van der Waals surface area contributed by atoms with Gasteiger partial charge in [0.05, 0.1) is 0 Å². The molecule has 1 nitrogen and oxygen atoms in total. The Kier molecular flexibility index (Phi) is 2.07. The lowest BCUT2D eigenvalue weighted by atomic mass is 9.89. The van der Waals surface area contributed by atoms with E-state index in [2.05, 4.69) is 0 Å². The standard InChI is InChI=1S/C11H13F2N/c1-7(14)11(5-6-11)8-3-2-4-9(12)10(8)13/h2-4,7H,5-6,14H2,1H3. The highest BCUT2D eigenvalue weighted by molar-refractivity contribution is 5.35. The van der Waals surface area contributed by atoms with Crippen LogP contribution >= 0.6 is 0 Å². The van der Waals surface area contributed by atoms with Gasteiger partial charge >= 0.3 is 0 Å². The molecule has 1 aromatic rings. The third-order valence-electron chi connectivity index (χ3n) is 3.15. The van der Waals surface area contributed by atoms with Crippen molar-refractivity contribution < 1.29 is 8.78 Å². The van der Waals surface area contributed by atoms with Crippen molar-refractivity contribution in [3.63, 3.8) is 0 Å². The molecular weight excluding hydrogens is 184 g/mol. The zero-order valence-corrected chi connectivity index (χ0v) is 8.06. The van der Waals surface area contributed by atoms with Gasteiger partial charge in [0, 0.05) is 11.5 Å². The van der Waals surface area contributed by atoms with Crippen LogP contribution in [0, 0.1) is 11.6 Å². The third kappa shape index (κ3) is 1.23. The topological polar surface area (TPSA) is 26.0 Å². The quantitative estimate of drug-likeness (QED) is 0.773. The summed E-state index contributed by atoms with van der Waals surface area (Å²) in [7, 11) is 0. The molecule has 0 spiro atoms. The maximum atomic E-state index is 13.5. The van der Waals surface area contributed by atoms with Gasteiger partial charge in [0.15, 0.2) is 11.6 Å². The molecule has 1 saturated carbocycles. The molecule has 0 bridgehead atoms. The number of rotatable bonds is 2. The molecule has 2 N–H and O–H groups in total. The van der Waals surface area contributed by atoms with Crippen molar-refractivity contribution in [3.05, 3.63) is 35.4 Å². The Morgan fingerprint density at radius 2 is 2.00 bits per heavy atom. The molecule has 0 saturated heterocycles. The van der Waals surface area contributed by atoms with E-state index in [4.69, 9.17) is 5.73 Å². The summed E-state index contributed by atoms with van der Waals surface area (Å²) in [4.78, 5) is 0. The van der Waals surface area contributed by atoms with Gasteiger partial charge in [-0.15, -0.1) is 0 Å². The second-order valence-corrected chi connectivity index (χ2v) is 4.05. The highest BCUT2D eigenvalue weighted by Gasteiger charge is 2.49. The van der Waals surface area contributed by atoms with E-state index in [1.54, 1.807) is 6.07 Å². The van der Waals surface area contributed by atoms with Gasteiger partial charge in [0.25, 0.3) is 0 Å². The van der Waals surface area contributed by atoms with E-state index >= 15 is 0 Å². The second kappa shape index (κ2) is 3.02. The summed E-state index contributed by atoms with van der Waals surface area (Å²) in [5, 5.41) is 0. The minimum Gasteiger partial charge on any atom is -0.327 e. The molecule has 1 aliphatic rings. The first-order valence-corrected chi connectivity index (χ1v) is 4.78. The van der Waals surface area contributed by atoms with Crippen LogP contribution in [0.1, 0.15) is 25.3 Å². The molecule has 0 amide bonds. The van der Waals surface area contributed by atoms with Crippen molar-refractivity contribution in [2.24, 2.45) is 5.73 Å². The van der Waals surface area contributed by atoms with Crippen LogP contribution in [0.4, 0.5) is 8.78 Å². The van der Waals surface area contributed by atoms with Gasteiger partial charge in [-0.1, -0.05) is 12.1 Å². The molecule has 3 heteroatoms. The summed E-state index contributed by atoms with van der Waals surface area (Å²) in [6.07, 6.45) is 1.70. The van der Waals surface area contributed by atoms with Gasteiger partial charge in [-0.3, -0.25) is 0 Å². The Balaban J connectivity index is 2.47. The van der Waals surface area contributed by atoms with Crippen LogP contribution in [0.15, 0.2) is 18.2 Å². The molecule has 14 heavy (non-hydrogen) atoms. The summed E-state index contributed by atoms with van der Waals surface area (Å²) in [6.45, 7) is 1.84. The van der Waals surface area contributed by atoms with E-state index in [-0.39, 0.29) is 11.5 Å². The maximum Gasteiger partial charge on any atom is 0.162 e. The Morgan fingerprint density at radius 3 is 2.50 bits per heavy atom. The second-order valence-electron chi connectivity index (χ2n) is 4.05. The van der Waals surface area contributed by atoms with Gasteiger partial charge < -0.3 is 5.73 Å². The predicted octanol–water partition coefficient (Wildman–Crippen LogP) is 2.34. The first kappa shape index (κ1) is 9.59. The van der Waals surface area contributed by atoms with Gasteiger partial charge in [0.1, 0.15) is 0 Å². The van der Waals surface area contributed by atoms with Crippen molar-refractivity contribution in [2.45, 2.75) is 31.2 Å². The van der Waals surface area contributed by atoms with Crippen LogP contribution in [0.2, 0.25) is 0 Å². The van der Waals surface area contributed by atoms with E-state index < -0.39 is 11.6 Å². The van der Waals surface area contributed by atoms with Gasteiger partial charge in [-0.25, -0.2) is 8.78 Å². The fourth-order valence-electron chi connectivity index (χ4n) is 1.99. The Hall–Kier alpha value is -0.960. The maximum absolute atomic E-state index is 13.5. The van der Waals surface area contributed by atoms with Crippen molar-refractivity contribution in [3.8, 4) is 0 Å².